The van der Waals surface area contributed by atoms with Crippen LogP contribution in [0.2, 0.25) is 0 Å². The summed E-state index contributed by atoms with van der Waals surface area (Å²) in [5.74, 6) is -0.883. The molecule has 0 aliphatic heterocycles. The molecule has 0 saturated heterocycles. The standard InChI is InChI=1S/C12H17ClO2/c1-11(2)9(12(11,13)10(14)15)7-8-5-3-4-6-8/h7,9H,3-6H2,1-2H3,(H,14,15)/t9-,12+/m1/s1. The number of hydrogen-bond acceptors (Lipinski definition) is 1. The van der Waals surface area contributed by atoms with Crippen LogP contribution < -0.4 is 0 Å². The van der Waals surface area contributed by atoms with Crippen molar-refractivity contribution in [2.45, 2.75) is 44.4 Å². The second kappa shape index (κ2) is 3.24. The highest BCUT2D eigenvalue weighted by molar-refractivity contribution is 6.37. The minimum atomic E-state index is -1.07. The average Bonchev–Trinajstić information content (AvgIpc) is 2.61. The van der Waals surface area contributed by atoms with Crippen molar-refractivity contribution < 1.29 is 9.90 Å². The van der Waals surface area contributed by atoms with Gasteiger partial charge in [-0.25, -0.2) is 0 Å². The van der Waals surface area contributed by atoms with Gasteiger partial charge < -0.3 is 5.11 Å². The number of halogens is 1. The van der Waals surface area contributed by atoms with Gasteiger partial charge in [0.25, 0.3) is 0 Å². The Hall–Kier alpha value is -0.500. The minimum absolute atomic E-state index is 0.00253. The maximum absolute atomic E-state index is 11.1. The van der Waals surface area contributed by atoms with Crippen molar-refractivity contribution in [1.82, 2.24) is 0 Å². The monoisotopic (exact) mass is 228 g/mol. The maximum atomic E-state index is 11.1. The Morgan fingerprint density at radius 2 is 2.00 bits per heavy atom. The molecule has 2 aliphatic carbocycles. The summed E-state index contributed by atoms with van der Waals surface area (Å²) in [6, 6.07) is 0. The van der Waals surface area contributed by atoms with Crippen LogP contribution in [-0.4, -0.2) is 16.0 Å². The number of hydrogen-bond donors (Lipinski definition) is 1. The predicted octanol–water partition coefficient (Wildman–Crippen LogP) is 3.21. The molecule has 84 valence electrons. The molecule has 0 aromatic carbocycles. The zero-order valence-corrected chi connectivity index (χ0v) is 9.97. The number of allylic oxidation sites excluding steroid dienone is 2. The summed E-state index contributed by atoms with van der Waals surface area (Å²) in [6.07, 6.45) is 6.84. The molecule has 0 spiro atoms. The van der Waals surface area contributed by atoms with Crippen molar-refractivity contribution in [3.8, 4) is 0 Å². The topological polar surface area (TPSA) is 37.3 Å². The third-order valence-electron chi connectivity index (χ3n) is 4.02. The molecule has 2 nitrogen and oxygen atoms in total. The Morgan fingerprint density at radius 3 is 2.40 bits per heavy atom. The van der Waals surface area contributed by atoms with Gasteiger partial charge in [-0.15, -0.1) is 11.6 Å². The van der Waals surface area contributed by atoms with Crippen LogP contribution in [-0.2, 0) is 4.79 Å². The fourth-order valence-electron chi connectivity index (χ4n) is 2.71. The molecule has 2 fully saturated rings. The lowest BCUT2D eigenvalue weighted by atomic mass is 10.1. The fraction of sp³-hybridized carbons (Fsp3) is 0.750. The van der Waals surface area contributed by atoms with E-state index in [1.165, 1.54) is 18.4 Å². The second-order valence-corrected chi connectivity index (χ2v) is 5.84. The lowest BCUT2D eigenvalue weighted by Gasteiger charge is -2.03. The molecule has 15 heavy (non-hydrogen) atoms. The number of alkyl halides is 1. The first-order valence-electron chi connectivity index (χ1n) is 5.52. The highest BCUT2D eigenvalue weighted by Gasteiger charge is 2.74. The zero-order chi connectivity index (χ0) is 11.3. The molecule has 1 N–H and O–H groups in total. The molecule has 2 atom stereocenters. The van der Waals surface area contributed by atoms with Crippen LogP contribution in [0.5, 0.6) is 0 Å². The van der Waals surface area contributed by atoms with Crippen molar-refractivity contribution >= 4 is 17.6 Å². The maximum Gasteiger partial charge on any atom is 0.325 e. The zero-order valence-electron chi connectivity index (χ0n) is 9.22. The third kappa shape index (κ3) is 1.42. The van der Waals surface area contributed by atoms with E-state index in [0.29, 0.717) is 0 Å². The van der Waals surface area contributed by atoms with Gasteiger partial charge in [0, 0.05) is 11.3 Å². The van der Waals surface area contributed by atoms with Crippen LogP contribution in [0.25, 0.3) is 0 Å². The molecule has 0 bridgehead atoms. The van der Waals surface area contributed by atoms with Crippen LogP contribution >= 0.6 is 11.6 Å². The first kappa shape index (κ1) is 11.0. The molecule has 3 heteroatoms. The normalized spacial score (nSPS) is 37.8. The predicted molar refractivity (Wildman–Crippen MR) is 60.0 cm³/mol. The van der Waals surface area contributed by atoms with Crippen LogP contribution in [0.4, 0.5) is 0 Å². The lowest BCUT2D eigenvalue weighted by molar-refractivity contribution is -0.138. The average molecular weight is 229 g/mol. The van der Waals surface area contributed by atoms with E-state index in [2.05, 4.69) is 6.08 Å². The quantitative estimate of drug-likeness (QED) is 0.582. The molecule has 2 aliphatic rings. The van der Waals surface area contributed by atoms with E-state index in [-0.39, 0.29) is 11.3 Å². The van der Waals surface area contributed by atoms with Crippen LogP contribution in [0.15, 0.2) is 11.6 Å². The Labute approximate surface area is 95.3 Å². The number of rotatable bonds is 2. The van der Waals surface area contributed by atoms with Gasteiger partial charge in [-0.05, 0) is 25.7 Å². The van der Waals surface area contributed by atoms with Crippen molar-refractivity contribution in [2.75, 3.05) is 0 Å². The summed E-state index contributed by atoms with van der Waals surface area (Å²) in [4.78, 5) is 10.1. The van der Waals surface area contributed by atoms with Crippen molar-refractivity contribution in [3.05, 3.63) is 11.6 Å². The third-order valence-corrected chi connectivity index (χ3v) is 4.90. The molecule has 0 aromatic heterocycles. The van der Waals surface area contributed by atoms with E-state index < -0.39 is 10.8 Å². The summed E-state index contributed by atoms with van der Waals surface area (Å²) in [6.45, 7) is 3.87. The summed E-state index contributed by atoms with van der Waals surface area (Å²) >= 11 is 6.17. The highest BCUT2D eigenvalue weighted by Crippen LogP contribution is 2.67. The Bertz CT molecular complexity index is 325. The minimum Gasteiger partial charge on any atom is -0.480 e. The number of carbonyl (C=O) groups is 1. The number of aliphatic carboxylic acids is 1. The molecular weight excluding hydrogens is 212 g/mol. The van der Waals surface area contributed by atoms with E-state index in [0.717, 1.165) is 12.8 Å². The van der Waals surface area contributed by atoms with Crippen molar-refractivity contribution in [1.29, 1.82) is 0 Å². The molecule has 2 rings (SSSR count). The smallest absolute Gasteiger partial charge is 0.325 e. The molecule has 0 heterocycles. The Morgan fingerprint density at radius 1 is 1.47 bits per heavy atom. The SMILES string of the molecule is CC1(C)[C@@H](C=C2CCCC2)[C@]1(Cl)C(=O)O. The molecule has 0 aromatic rings. The van der Waals surface area contributed by atoms with Gasteiger partial charge in [-0.2, -0.15) is 0 Å². The van der Waals surface area contributed by atoms with Gasteiger partial charge in [0.05, 0.1) is 0 Å². The summed E-state index contributed by atoms with van der Waals surface area (Å²) in [5, 5.41) is 9.13. The van der Waals surface area contributed by atoms with Gasteiger partial charge in [0.1, 0.15) is 0 Å². The molecule has 0 radical (unpaired) electrons. The van der Waals surface area contributed by atoms with Gasteiger partial charge >= 0.3 is 5.97 Å². The molecule has 0 unspecified atom stereocenters. The van der Waals surface area contributed by atoms with E-state index in [9.17, 15) is 4.79 Å². The molecular formula is C12H17ClO2. The molecule has 0 amide bonds. The summed E-state index contributed by atoms with van der Waals surface area (Å²) < 4.78 is 0. The van der Waals surface area contributed by atoms with Gasteiger partial charge in [0.2, 0.25) is 0 Å². The second-order valence-electron chi connectivity index (χ2n) is 5.25. The summed E-state index contributed by atoms with van der Waals surface area (Å²) in [7, 11) is 0. The first-order chi connectivity index (χ1) is 6.90. The largest absolute Gasteiger partial charge is 0.480 e. The summed E-state index contributed by atoms with van der Waals surface area (Å²) in [5.41, 5.74) is 1.09. The number of carboxylic acids is 1. The lowest BCUT2D eigenvalue weighted by Crippen LogP contribution is -2.21. The van der Waals surface area contributed by atoms with Gasteiger partial charge in [0.15, 0.2) is 4.87 Å². The Kier molecular flexibility index (Phi) is 2.38. The fourth-order valence-corrected chi connectivity index (χ4v) is 3.11. The molecule has 2 saturated carbocycles. The van der Waals surface area contributed by atoms with Crippen molar-refractivity contribution in [3.63, 3.8) is 0 Å². The van der Waals surface area contributed by atoms with Crippen LogP contribution in [0.3, 0.4) is 0 Å². The van der Waals surface area contributed by atoms with E-state index in [1.54, 1.807) is 0 Å². The van der Waals surface area contributed by atoms with Gasteiger partial charge in [-0.3, -0.25) is 4.79 Å². The van der Waals surface area contributed by atoms with Crippen LogP contribution in [0, 0.1) is 11.3 Å². The van der Waals surface area contributed by atoms with E-state index >= 15 is 0 Å². The highest BCUT2D eigenvalue weighted by atomic mass is 35.5. The number of carboxylic acid groups (broad SMARTS) is 1. The van der Waals surface area contributed by atoms with E-state index in [1.807, 2.05) is 13.8 Å². The van der Waals surface area contributed by atoms with E-state index in [4.69, 9.17) is 16.7 Å². The van der Waals surface area contributed by atoms with Crippen LogP contribution in [0.1, 0.15) is 39.5 Å². The van der Waals surface area contributed by atoms with Crippen molar-refractivity contribution in [2.24, 2.45) is 11.3 Å². The van der Waals surface area contributed by atoms with Gasteiger partial charge in [-0.1, -0.05) is 25.5 Å². The Balaban J connectivity index is 2.19. The first-order valence-corrected chi connectivity index (χ1v) is 5.90.